The molecule has 3 N–H and O–H groups in total. The number of hydrogen-bond donors (Lipinski definition) is 2. The van der Waals surface area contributed by atoms with Crippen molar-refractivity contribution in [2.45, 2.75) is 33.2 Å². The van der Waals surface area contributed by atoms with E-state index in [1.54, 1.807) is 19.2 Å². The minimum atomic E-state index is -0.0293. The Morgan fingerprint density at radius 3 is 2.80 bits per heavy atom. The zero-order valence-corrected chi connectivity index (χ0v) is 12.6. The van der Waals surface area contributed by atoms with Crippen molar-refractivity contribution >= 4 is 11.7 Å². The van der Waals surface area contributed by atoms with Crippen molar-refractivity contribution in [1.29, 1.82) is 0 Å². The second-order valence-corrected chi connectivity index (χ2v) is 4.78. The number of hydrazine groups is 1. The zero-order valence-electron chi connectivity index (χ0n) is 12.6. The number of amides is 1. The number of pyridine rings is 1. The molecule has 1 amide bonds. The van der Waals surface area contributed by atoms with Gasteiger partial charge in [0.1, 0.15) is 5.82 Å². The average molecular weight is 280 g/mol. The van der Waals surface area contributed by atoms with Gasteiger partial charge in [0.2, 0.25) is 0 Å². The molecule has 6 heteroatoms. The molecule has 0 aliphatic heterocycles. The van der Waals surface area contributed by atoms with Gasteiger partial charge in [-0.25, -0.2) is 10.8 Å². The number of hydrogen-bond acceptors (Lipinski definition) is 5. The number of carbonyl (C=O) groups excluding carboxylic acids is 1. The van der Waals surface area contributed by atoms with Crippen LogP contribution in [-0.4, -0.2) is 42.1 Å². The van der Waals surface area contributed by atoms with Crippen LogP contribution in [0.1, 0.15) is 36.3 Å². The Balaban J connectivity index is 3.01. The van der Waals surface area contributed by atoms with Crippen molar-refractivity contribution in [3.8, 4) is 0 Å². The first-order chi connectivity index (χ1) is 9.53. The average Bonchev–Trinajstić information content (AvgIpc) is 2.46. The molecule has 1 aromatic rings. The second-order valence-electron chi connectivity index (χ2n) is 4.78. The Labute approximate surface area is 120 Å². The van der Waals surface area contributed by atoms with Crippen LogP contribution in [0, 0.1) is 6.92 Å². The van der Waals surface area contributed by atoms with Crippen LogP contribution in [-0.2, 0) is 4.74 Å². The Bertz CT molecular complexity index is 451. The number of nitrogens with one attached hydrogen (secondary N) is 1. The summed E-state index contributed by atoms with van der Waals surface area (Å²) >= 11 is 0. The number of nitrogens with zero attached hydrogens (tertiary/aromatic N) is 2. The van der Waals surface area contributed by atoms with E-state index in [1.807, 2.05) is 18.7 Å². The number of rotatable bonds is 7. The van der Waals surface area contributed by atoms with E-state index in [0.717, 1.165) is 12.1 Å². The topological polar surface area (TPSA) is 80.5 Å². The van der Waals surface area contributed by atoms with Gasteiger partial charge >= 0.3 is 0 Å². The van der Waals surface area contributed by atoms with E-state index in [0.29, 0.717) is 24.5 Å². The van der Waals surface area contributed by atoms with Crippen molar-refractivity contribution in [3.63, 3.8) is 0 Å². The van der Waals surface area contributed by atoms with Crippen molar-refractivity contribution < 1.29 is 9.53 Å². The lowest BCUT2D eigenvalue weighted by molar-refractivity contribution is 0.0614. The number of ether oxygens (including phenoxy) is 1. The number of aryl methyl sites for hydroxylation is 1. The summed E-state index contributed by atoms with van der Waals surface area (Å²) < 4.78 is 5.08. The predicted molar refractivity (Wildman–Crippen MR) is 79.4 cm³/mol. The fourth-order valence-corrected chi connectivity index (χ4v) is 1.96. The van der Waals surface area contributed by atoms with Gasteiger partial charge in [-0.05, 0) is 32.4 Å². The molecule has 1 unspecified atom stereocenters. The van der Waals surface area contributed by atoms with Gasteiger partial charge in [-0.15, -0.1) is 0 Å². The molecule has 0 aromatic carbocycles. The Morgan fingerprint density at radius 1 is 1.55 bits per heavy atom. The molecule has 1 rings (SSSR count). The molecule has 0 radical (unpaired) electrons. The molecule has 1 atom stereocenters. The molecule has 0 spiro atoms. The monoisotopic (exact) mass is 280 g/mol. The smallest absolute Gasteiger partial charge is 0.254 e. The van der Waals surface area contributed by atoms with Gasteiger partial charge in [-0.3, -0.25) is 4.79 Å². The molecule has 0 bridgehead atoms. The van der Waals surface area contributed by atoms with E-state index >= 15 is 0 Å². The third-order valence-corrected chi connectivity index (χ3v) is 3.27. The molecule has 20 heavy (non-hydrogen) atoms. The van der Waals surface area contributed by atoms with E-state index in [-0.39, 0.29) is 11.9 Å². The molecular formula is C14H24N4O2. The van der Waals surface area contributed by atoms with Crippen molar-refractivity contribution in [1.82, 2.24) is 9.88 Å². The summed E-state index contributed by atoms with van der Waals surface area (Å²) in [6.45, 7) is 7.01. The number of methoxy groups -OCH3 is 1. The molecule has 0 aliphatic carbocycles. The highest BCUT2D eigenvalue weighted by Crippen LogP contribution is 2.14. The number of aromatic nitrogens is 1. The van der Waals surface area contributed by atoms with Gasteiger partial charge in [0, 0.05) is 31.0 Å². The predicted octanol–water partition coefficient (Wildman–Crippen LogP) is 1.56. The Morgan fingerprint density at radius 2 is 2.25 bits per heavy atom. The first-order valence-corrected chi connectivity index (χ1v) is 6.78. The van der Waals surface area contributed by atoms with E-state index in [1.165, 1.54) is 0 Å². The lowest BCUT2D eigenvalue weighted by Gasteiger charge is -2.28. The van der Waals surface area contributed by atoms with Gasteiger partial charge in [0.15, 0.2) is 0 Å². The van der Waals surface area contributed by atoms with Gasteiger partial charge in [0.05, 0.1) is 6.61 Å². The van der Waals surface area contributed by atoms with E-state index < -0.39 is 0 Å². The van der Waals surface area contributed by atoms with Gasteiger partial charge in [-0.2, -0.15) is 0 Å². The number of nitrogens with two attached hydrogens (primary N) is 1. The minimum absolute atomic E-state index is 0.0293. The van der Waals surface area contributed by atoms with Crippen LogP contribution < -0.4 is 11.3 Å². The first-order valence-electron chi connectivity index (χ1n) is 6.78. The van der Waals surface area contributed by atoms with Crippen LogP contribution in [0.15, 0.2) is 12.1 Å². The molecule has 0 fully saturated rings. The molecule has 0 saturated heterocycles. The second kappa shape index (κ2) is 7.81. The standard InChI is InChI=1S/C14H24N4O2/c1-5-11(3)18(6-7-20-4)14(19)12-8-10(2)16-13(9-12)17-15/h8-9,11H,5-7,15H2,1-4H3,(H,16,17). The van der Waals surface area contributed by atoms with Crippen LogP contribution in [0.5, 0.6) is 0 Å². The largest absolute Gasteiger partial charge is 0.383 e. The minimum Gasteiger partial charge on any atom is -0.383 e. The summed E-state index contributed by atoms with van der Waals surface area (Å²) in [4.78, 5) is 18.7. The van der Waals surface area contributed by atoms with Crippen LogP contribution in [0.4, 0.5) is 5.82 Å². The van der Waals surface area contributed by atoms with Crippen LogP contribution in [0.3, 0.4) is 0 Å². The van der Waals surface area contributed by atoms with E-state index in [2.05, 4.69) is 17.3 Å². The van der Waals surface area contributed by atoms with Crippen molar-refractivity contribution in [2.75, 3.05) is 25.7 Å². The van der Waals surface area contributed by atoms with Gasteiger partial charge in [0.25, 0.3) is 5.91 Å². The molecular weight excluding hydrogens is 256 g/mol. The third-order valence-electron chi connectivity index (χ3n) is 3.27. The first kappa shape index (κ1) is 16.4. The molecule has 6 nitrogen and oxygen atoms in total. The van der Waals surface area contributed by atoms with E-state index in [9.17, 15) is 4.79 Å². The maximum absolute atomic E-state index is 12.6. The maximum Gasteiger partial charge on any atom is 0.254 e. The summed E-state index contributed by atoms with van der Waals surface area (Å²) in [5.74, 6) is 5.83. The fraction of sp³-hybridized carbons (Fsp3) is 0.571. The molecule has 1 aromatic heterocycles. The summed E-state index contributed by atoms with van der Waals surface area (Å²) in [5.41, 5.74) is 3.82. The summed E-state index contributed by atoms with van der Waals surface area (Å²) in [6, 6.07) is 3.59. The van der Waals surface area contributed by atoms with Gasteiger partial charge < -0.3 is 15.1 Å². The summed E-state index contributed by atoms with van der Waals surface area (Å²) in [7, 11) is 1.63. The SMILES string of the molecule is CCC(C)N(CCOC)C(=O)c1cc(C)nc(NN)c1. The molecule has 112 valence electrons. The maximum atomic E-state index is 12.6. The molecule has 1 heterocycles. The normalized spacial score (nSPS) is 12.1. The number of nitrogen functional groups attached to an aromatic ring is 1. The highest BCUT2D eigenvalue weighted by molar-refractivity contribution is 5.95. The Hall–Kier alpha value is -1.66. The quantitative estimate of drug-likeness (QED) is 0.585. The van der Waals surface area contributed by atoms with Crippen LogP contribution in [0.2, 0.25) is 0 Å². The zero-order chi connectivity index (χ0) is 15.1. The fourth-order valence-electron chi connectivity index (χ4n) is 1.96. The Kier molecular flexibility index (Phi) is 6.41. The van der Waals surface area contributed by atoms with Gasteiger partial charge in [-0.1, -0.05) is 6.92 Å². The van der Waals surface area contributed by atoms with Crippen molar-refractivity contribution in [3.05, 3.63) is 23.4 Å². The highest BCUT2D eigenvalue weighted by Gasteiger charge is 2.21. The third kappa shape index (κ3) is 4.18. The number of carbonyl (C=O) groups is 1. The summed E-state index contributed by atoms with van der Waals surface area (Å²) in [6.07, 6.45) is 0.890. The molecule has 0 aliphatic rings. The van der Waals surface area contributed by atoms with Crippen LogP contribution in [0.25, 0.3) is 0 Å². The van der Waals surface area contributed by atoms with Crippen molar-refractivity contribution in [2.24, 2.45) is 5.84 Å². The number of anilines is 1. The van der Waals surface area contributed by atoms with Crippen LogP contribution >= 0.6 is 0 Å². The lowest BCUT2D eigenvalue weighted by atomic mass is 10.1. The summed E-state index contributed by atoms with van der Waals surface area (Å²) in [5, 5.41) is 0. The molecule has 0 saturated carbocycles. The lowest BCUT2D eigenvalue weighted by Crippen LogP contribution is -2.40. The highest BCUT2D eigenvalue weighted by atomic mass is 16.5. The van der Waals surface area contributed by atoms with E-state index in [4.69, 9.17) is 10.6 Å².